The molecule has 1 N–H and O–H groups in total. The second-order valence-electron chi connectivity index (χ2n) is 8.13. The lowest BCUT2D eigenvalue weighted by Gasteiger charge is -2.27. The van der Waals surface area contributed by atoms with Crippen molar-refractivity contribution in [1.29, 1.82) is 0 Å². The van der Waals surface area contributed by atoms with Crippen LogP contribution in [-0.4, -0.2) is 34.6 Å². The SMILES string of the molecule is COc1cc(NC(=O)[C@@H]2C[C@@]2(COc2cnc(C)nc2C)C2C=CC(F)=CC2)ncc1F. The fourth-order valence-electron chi connectivity index (χ4n) is 4.16. The van der Waals surface area contributed by atoms with E-state index >= 15 is 0 Å². The summed E-state index contributed by atoms with van der Waals surface area (Å²) in [5.41, 5.74) is 0.196. The van der Waals surface area contributed by atoms with E-state index in [9.17, 15) is 13.6 Å². The predicted molar refractivity (Wildman–Crippen MR) is 113 cm³/mol. The predicted octanol–water partition coefficient (Wildman–Crippen LogP) is 4.09. The monoisotopic (exact) mass is 442 g/mol. The van der Waals surface area contributed by atoms with E-state index in [4.69, 9.17) is 9.47 Å². The molecule has 2 aromatic heterocycles. The molecule has 7 nitrogen and oxygen atoms in total. The topological polar surface area (TPSA) is 86.2 Å². The van der Waals surface area contributed by atoms with Crippen molar-refractivity contribution in [1.82, 2.24) is 15.0 Å². The lowest BCUT2D eigenvalue weighted by Crippen LogP contribution is -2.29. The van der Waals surface area contributed by atoms with Crippen LogP contribution in [0.1, 0.15) is 24.4 Å². The van der Waals surface area contributed by atoms with E-state index in [2.05, 4.69) is 20.3 Å². The molecule has 0 saturated heterocycles. The summed E-state index contributed by atoms with van der Waals surface area (Å²) >= 11 is 0. The van der Waals surface area contributed by atoms with Gasteiger partial charge in [0.1, 0.15) is 17.5 Å². The van der Waals surface area contributed by atoms with Crippen molar-refractivity contribution in [3.05, 3.63) is 59.9 Å². The highest BCUT2D eigenvalue weighted by Crippen LogP contribution is 2.60. The van der Waals surface area contributed by atoms with Crippen LogP contribution >= 0.6 is 0 Å². The number of methoxy groups -OCH3 is 1. The van der Waals surface area contributed by atoms with Gasteiger partial charge in [0.15, 0.2) is 17.3 Å². The summed E-state index contributed by atoms with van der Waals surface area (Å²) in [4.78, 5) is 25.4. The Morgan fingerprint density at radius 3 is 2.75 bits per heavy atom. The Labute approximate surface area is 184 Å². The first-order valence-corrected chi connectivity index (χ1v) is 10.3. The van der Waals surface area contributed by atoms with E-state index < -0.39 is 11.2 Å². The number of allylic oxidation sites excluding steroid dienone is 4. The lowest BCUT2D eigenvalue weighted by atomic mass is 9.82. The lowest BCUT2D eigenvalue weighted by molar-refractivity contribution is -0.118. The number of aromatic nitrogens is 3. The molecule has 1 amide bonds. The number of hydrogen-bond acceptors (Lipinski definition) is 6. The number of carbonyl (C=O) groups excluding carboxylic acids is 1. The van der Waals surface area contributed by atoms with Gasteiger partial charge in [0.2, 0.25) is 5.91 Å². The minimum atomic E-state index is -0.614. The van der Waals surface area contributed by atoms with Gasteiger partial charge in [0, 0.05) is 17.4 Å². The minimum absolute atomic E-state index is 0.00799. The third-order valence-corrected chi connectivity index (χ3v) is 6.07. The molecule has 2 aliphatic rings. The molecule has 0 aromatic carbocycles. The van der Waals surface area contributed by atoms with Crippen LogP contribution < -0.4 is 14.8 Å². The van der Waals surface area contributed by atoms with Crippen molar-refractivity contribution in [2.75, 3.05) is 19.0 Å². The van der Waals surface area contributed by atoms with Crippen molar-refractivity contribution >= 4 is 11.7 Å². The molecule has 0 radical (unpaired) electrons. The van der Waals surface area contributed by atoms with Crippen LogP contribution in [0.15, 0.2) is 42.5 Å². The highest BCUT2D eigenvalue weighted by molar-refractivity contribution is 5.94. The first-order valence-electron chi connectivity index (χ1n) is 10.3. The van der Waals surface area contributed by atoms with Gasteiger partial charge >= 0.3 is 0 Å². The number of hydrogen-bond donors (Lipinski definition) is 1. The molecule has 0 aliphatic heterocycles. The summed E-state index contributed by atoms with van der Waals surface area (Å²) in [7, 11) is 1.34. The van der Waals surface area contributed by atoms with Crippen LogP contribution in [0.3, 0.4) is 0 Å². The zero-order valence-electron chi connectivity index (χ0n) is 18.1. The van der Waals surface area contributed by atoms with E-state index in [0.717, 1.165) is 6.20 Å². The van der Waals surface area contributed by atoms with Crippen LogP contribution in [0, 0.1) is 36.9 Å². The number of nitrogens with zero attached hydrogens (tertiary/aromatic N) is 3. The van der Waals surface area contributed by atoms with Crippen LogP contribution in [0.4, 0.5) is 14.6 Å². The molecule has 0 bridgehead atoms. The third kappa shape index (κ3) is 4.32. The largest absolute Gasteiger partial charge is 0.493 e. The van der Waals surface area contributed by atoms with Gasteiger partial charge in [-0.2, -0.15) is 0 Å². The number of nitrogens with one attached hydrogen (secondary N) is 1. The molecule has 32 heavy (non-hydrogen) atoms. The third-order valence-electron chi connectivity index (χ3n) is 6.07. The van der Waals surface area contributed by atoms with Crippen LogP contribution in [0.5, 0.6) is 11.5 Å². The summed E-state index contributed by atoms with van der Waals surface area (Å²) in [5, 5.41) is 2.73. The normalized spacial score (nSPS) is 24.0. The Balaban J connectivity index is 1.52. The highest BCUT2D eigenvalue weighted by Gasteiger charge is 2.62. The molecule has 9 heteroatoms. The minimum Gasteiger partial charge on any atom is -0.493 e. The summed E-state index contributed by atoms with van der Waals surface area (Å²) in [6, 6.07) is 1.33. The van der Waals surface area contributed by atoms with Crippen LogP contribution in [0.2, 0.25) is 0 Å². The average molecular weight is 442 g/mol. The van der Waals surface area contributed by atoms with Crippen molar-refractivity contribution < 1.29 is 23.0 Å². The number of pyridine rings is 1. The molecule has 2 aromatic rings. The Hall–Kier alpha value is -3.36. The molecule has 1 unspecified atom stereocenters. The zero-order chi connectivity index (χ0) is 22.9. The van der Waals surface area contributed by atoms with E-state index in [1.165, 1.54) is 25.3 Å². The zero-order valence-corrected chi connectivity index (χ0v) is 18.1. The fourth-order valence-corrected chi connectivity index (χ4v) is 4.16. The molecule has 0 spiro atoms. The van der Waals surface area contributed by atoms with E-state index in [1.807, 2.05) is 6.92 Å². The molecule has 168 valence electrons. The number of rotatable bonds is 7. The number of amides is 1. The Bertz CT molecular complexity index is 1100. The molecular formula is C23H24F2N4O3. The maximum Gasteiger partial charge on any atom is 0.229 e. The molecule has 4 rings (SSSR count). The molecular weight excluding hydrogens is 418 g/mol. The van der Waals surface area contributed by atoms with Gasteiger partial charge in [-0.05, 0) is 44.8 Å². The summed E-state index contributed by atoms with van der Waals surface area (Å²) < 4.78 is 38.2. The summed E-state index contributed by atoms with van der Waals surface area (Å²) in [6.45, 7) is 3.88. The second-order valence-corrected chi connectivity index (χ2v) is 8.13. The van der Waals surface area contributed by atoms with Gasteiger partial charge in [-0.15, -0.1) is 0 Å². The van der Waals surface area contributed by atoms with Crippen molar-refractivity contribution in [2.24, 2.45) is 17.3 Å². The van der Waals surface area contributed by atoms with Crippen LogP contribution in [-0.2, 0) is 4.79 Å². The van der Waals surface area contributed by atoms with Gasteiger partial charge in [0.05, 0.1) is 31.8 Å². The Morgan fingerprint density at radius 2 is 2.06 bits per heavy atom. The quantitative estimate of drug-likeness (QED) is 0.695. The van der Waals surface area contributed by atoms with E-state index in [-0.39, 0.29) is 41.7 Å². The first kappa shape index (κ1) is 21.9. The van der Waals surface area contributed by atoms with Gasteiger partial charge in [-0.1, -0.05) is 6.08 Å². The Kier molecular flexibility index (Phi) is 5.90. The van der Waals surface area contributed by atoms with Gasteiger partial charge < -0.3 is 14.8 Å². The number of halogens is 2. The number of anilines is 1. The molecule has 3 atom stereocenters. The number of aryl methyl sites for hydroxylation is 2. The van der Waals surface area contributed by atoms with E-state index in [1.54, 1.807) is 19.2 Å². The van der Waals surface area contributed by atoms with Gasteiger partial charge in [-0.3, -0.25) is 4.79 Å². The molecule has 1 fully saturated rings. The van der Waals surface area contributed by atoms with E-state index in [0.29, 0.717) is 30.1 Å². The second kappa shape index (κ2) is 8.64. The standard InChI is InChI=1S/C23H24F2N4O3/c1-13-20(11-26-14(2)28-13)32-12-23(15-4-6-16(24)7-5-15)9-17(23)22(30)29-21-8-19(31-3)18(25)10-27-21/h4,6-8,10-11,15,17H,5,9,12H2,1-3H3,(H,27,29,30)/t15?,17-,23+/m0/s1. The number of ether oxygens (including phenoxy) is 2. The highest BCUT2D eigenvalue weighted by atomic mass is 19.1. The number of carbonyl (C=O) groups is 1. The molecule has 2 aliphatic carbocycles. The van der Waals surface area contributed by atoms with Gasteiger partial charge in [0.25, 0.3) is 0 Å². The van der Waals surface area contributed by atoms with Crippen molar-refractivity contribution in [2.45, 2.75) is 26.7 Å². The molecule has 2 heterocycles. The van der Waals surface area contributed by atoms with Crippen molar-refractivity contribution in [3.63, 3.8) is 0 Å². The van der Waals surface area contributed by atoms with Crippen LogP contribution in [0.25, 0.3) is 0 Å². The average Bonchev–Trinajstić information content (AvgIpc) is 3.51. The van der Waals surface area contributed by atoms with Gasteiger partial charge in [-0.25, -0.2) is 23.7 Å². The first-order chi connectivity index (χ1) is 15.3. The smallest absolute Gasteiger partial charge is 0.229 e. The maximum atomic E-state index is 13.6. The Morgan fingerprint density at radius 1 is 1.25 bits per heavy atom. The summed E-state index contributed by atoms with van der Waals surface area (Å²) in [5.74, 6) is -0.222. The molecule has 1 saturated carbocycles. The maximum absolute atomic E-state index is 13.6. The summed E-state index contributed by atoms with van der Waals surface area (Å²) in [6.07, 6.45) is 8.39. The van der Waals surface area contributed by atoms with Crippen molar-refractivity contribution in [3.8, 4) is 11.5 Å². The fraction of sp³-hybridized carbons (Fsp3) is 0.391.